The molecular weight excluding hydrogens is 320 g/mol. The molecule has 0 spiro atoms. The fourth-order valence-corrected chi connectivity index (χ4v) is 4.29. The lowest BCUT2D eigenvalue weighted by Gasteiger charge is -2.31. The number of hydrogen-bond donors (Lipinski definition) is 1. The predicted molar refractivity (Wildman–Crippen MR) is 93.2 cm³/mol. The van der Waals surface area contributed by atoms with Crippen molar-refractivity contribution in [3.63, 3.8) is 0 Å². The highest BCUT2D eigenvalue weighted by molar-refractivity contribution is 7.89. The van der Waals surface area contributed by atoms with E-state index in [1.165, 1.54) is 5.56 Å². The molecule has 1 aliphatic heterocycles. The molecule has 22 heavy (non-hydrogen) atoms. The predicted octanol–water partition coefficient (Wildman–Crippen LogP) is 2.85. The van der Waals surface area contributed by atoms with Crippen LogP contribution in [0.2, 0.25) is 0 Å². The Kier molecular flexibility index (Phi) is 7.32. The van der Waals surface area contributed by atoms with Gasteiger partial charge in [0.05, 0.1) is 4.90 Å². The zero-order chi connectivity index (χ0) is 15.5. The Morgan fingerprint density at radius 1 is 1.18 bits per heavy atom. The summed E-state index contributed by atoms with van der Waals surface area (Å²) in [6.45, 7) is 6.43. The molecular formula is C16H27ClN2O2S. The first kappa shape index (κ1) is 19.4. The van der Waals surface area contributed by atoms with Crippen LogP contribution in [0.4, 0.5) is 0 Å². The van der Waals surface area contributed by atoms with Crippen LogP contribution in [0, 0.1) is 5.92 Å². The molecule has 0 aromatic heterocycles. The first-order valence-corrected chi connectivity index (χ1v) is 9.14. The molecule has 1 fully saturated rings. The van der Waals surface area contributed by atoms with Gasteiger partial charge in [0.2, 0.25) is 10.0 Å². The second-order valence-electron chi connectivity index (χ2n) is 6.13. The maximum absolute atomic E-state index is 12.6. The fourth-order valence-electron chi connectivity index (χ4n) is 2.82. The molecule has 126 valence electrons. The second kappa shape index (κ2) is 8.29. The maximum Gasteiger partial charge on any atom is 0.243 e. The summed E-state index contributed by atoms with van der Waals surface area (Å²) in [5, 5.41) is 3.17. The first-order chi connectivity index (χ1) is 9.95. The molecule has 6 heteroatoms. The van der Waals surface area contributed by atoms with Crippen LogP contribution in [0.15, 0.2) is 29.2 Å². The van der Waals surface area contributed by atoms with Gasteiger partial charge in [0.15, 0.2) is 0 Å². The molecule has 0 atom stereocenters. The number of nitrogens with zero attached hydrogens (tertiary/aromatic N) is 1. The summed E-state index contributed by atoms with van der Waals surface area (Å²) in [6, 6.07) is 7.32. The molecule has 1 saturated heterocycles. The minimum absolute atomic E-state index is 0. The van der Waals surface area contributed by atoms with E-state index in [0.717, 1.165) is 19.4 Å². The Bertz CT molecular complexity index is 550. The van der Waals surface area contributed by atoms with Gasteiger partial charge < -0.3 is 5.32 Å². The lowest BCUT2D eigenvalue weighted by molar-refractivity contribution is 0.270. The average Bonchev–Trinajstić information content (AvgIpc) is 2.48. The fraction of sp³-hybridized carbons (Fsp3) is 0.625. The van der Waals surface area contributed by atoms with Crippen molar-refractivity contribution in [2.45, 2.75) is 37.5 Å². The summed E-state index contributed by atoms with van der Waals surface area (Å²) in [5.41, 5.74) is 1.17. The van der Waals surface area contributed by atoms with E-state index in [1.807, 2.05) is 19.2 Å². The third-order valence-electron chi connectivity index (χ3n) is 4.25. The van der Waals surface area contributed by atoms with Gasteiger partial charge in [-0.05, 0) is 56.0 Å². The lowest BCUT2D eigenvalue weighted by atomic mass is 9.98. The quantitative estimate of drug-likeness (QED) is 0.891. The van der Waals surface area contributed by atoms with Crippen molar-refractivity contribution < 1.29 is 8.42 Å². The topological polar surface area (TPSA) is 49.4 Å². The Balaban J connectivity index is 0.00000242. The molecule has 4 nitrogen and oxygen atoms in total. The largest absolute Gasteiger partial charge is 0.319 e. The standard InChI is InChI=1S/C16H26N2O2S.ClH/c1-13(2)15-4-6-16(7-5-15)21(19,20)18-10-8-14(9-11-18)12-17-3;/h4-7,13-14,17H,8-12H2,1-3H3;1H. The Hall–Kier alpha value is -0.620. The van der Waals surface area contributed by atoms with E-state index in [9.17, 15) is 8.42 Å². The van der Waals surface area contributed by atoms with E-state index in [2.05, 4.69) is 19.2 Å². The smallest absolute Gasteiger partial charge is 0.243 e. The van der Waals surface area contributed by atoms with Gasteiger partial charge in [0, 0.05) is 13.1 Å². The summed E-state index contributed by atoms with van der Waals surface area (Å²) in [7, 11) is -1.39. The summed E-state index contributed by atoms with van der Waals surface area (Å²) >= 11 is 0. The Labute approximate surface area is 140 Å². The normalized spacial score (nSPS) is 17.5. The molecule has 1 aromatic carbocycles. The highest BCUT2D eigenvalue weighted by atomic mass is 35.5. The van der Waals surface area contributed by atoms with Crippen molar-refractivity contribution in [2.75, 3.05) is 26.7 Å². The SMILES string of the molecule is CNCC1CCN(S(=O)(=O)c2ccc(C(C)C)cc2)CC1.Cl. The van der Waals surface area contributed by atoms with Crippen molar-refractivity contribution in [2.24, 2.45) is 5.92 Å². The van der Waals surface area contributed by atoms with Crippen LogP contribution >= 0.6 is 12.4 Å². The molecule has 0 aliphatic carbocycles. The van der Waals surface area contributed by atoms with Gasteiger partial charge >= 0.3 is 0 Å². The molecule has 0 unspecified atom stereocenters. The summed E-state index contributed by atoms with van der Waals surface area (Å²) in [6.07, 6.45) is 1.87. The molecule has 1 N–H and O–H groups in total. The van der Waals surface area contributed by atoms with Crippen LogP contribution in [-0.2, 0) is 10.0 Å². The lowest BCUT2D eigenvalue weighted by Crippen LogP contribution is -2.40. The Morgan fingerprint density at radius 2 is 1.73 bits per heavy atom. The van der Waals surface area contributed by atoms with E-state index in [0.29, 0.717) is 29.8 Å². The number of halogens is 1. The number of benzene rings is 1. The van der Waals surface area contributed by atoms with Crippen molar-refractivity contribution in [3.05, 3.63) is 29.8 Å². The van der Waals surface area contributed by atoms with E-state index in [-0.39, 0.29) is 12.4 Å². The summed E-state index contributed by atoms with van der Waals surface area (Å²) in [5.74, 6) is 1.00. The monoisotopic (exact) mass is 346 g/mol. The van der Waals surface area contributed by atoms with Gasteiger partial charge in [-0.3, -0.25) is 0 Å². The molecule has 1 heterocycles. The molecule has 0 saturated carbocycles. The zero-order valence-corrected chi connectivity index (χ0v) is 15.2. The van der Waals surface area contributed by atoms with E-state index in [1.54, 1.807) is 16.4 Å². The van der Waals surface area contributed by atoms with Gasteiger partial charge in [0.1, 0.15) is 0 Å². The van der Waals surface area contributed by atoms with E-state index < -0.39 is 10.0 Å². The number of sulfonamides is 1. The van der Waals surface area contributed by atoms with Gasteiger partial charge in [0.25, 0.3) is 0 Å². The first-order valence-electron chi connectivity index (χ1n) is 7.70. The summed E-state index contributed by atoms with van der Waals surface area (Å²) < 4.78 is 26.9. The van der Waals surface area contributed by atoms with Crippen LogP contribution < -0.4 is 5.32 Å². The average molecular weight is 347 g/mol. The third kappa shape index (κ3) is 4.44. The minimum atomic E-state index is -3.33. The van der Waals surface area contributed by atoms with Crippen molar-refractivity contribution in [3.8, 4) is 0 Å². The molecule has 1 aromatic rings. The van der Waals surface area contributed by atoms with Crippen molar-refractivity contribution in [1.29, 1.82) is 0 Å². The van der Waals surface area contributed by atoms with Crippen LogP contribution in [0.1, 0.15) is 38.2 Å². The van der Waals surface area contributed by atoms with E-state index >= 15 is 0 Å². The molecule has 0 amide bonds. The highest BCUT2D eigenvalue weighted by Gasteiger charge is 2.29. The van der Waals surface area contributed by atoms with Crippen molar-refractivity contribution in [1.82, 2.24) is 9.62 Å². The summed E-state index contributed by atoms with van der Waals surface area (Å²) in [4.78, 5) is 0.416. The maximum atomic E-state index is 12.6. The minimum Gasteiger partial charge on any atom is -0.319 e. The number of hydrogen-bond acceptors (Lipinski definition) is 3. The molecule has 0 bridgehead atoms. The van der Waals surface area contributed by atoms with Crippen LogP contribution in [0.5, 0.6) is 0 Å². The van der Waals surface area contributed by atoms with Gasteiger partial charge in [-0.15, -0.1) is 12.4 Å². The number of rotatable bonds is 5. The third-order valence-corrected chi connectivity index (χ3v) is 6.16. The van der Waals surface area contributed by atoms with E-state index in [4.69, 9.17) is 0 Å². The number of nitrogens with one attached hydrogen (secondary N) is 1. The highest BCUT2D eigenvalue weighted by Crippen LogP contribution is 2.24. The molecule has 1 aliphatic rings. The van der Waals surface area contributed by atoms with Crippen LogP contribution in [-0.4, -0.2) is 39.4 Å². The van der Waals surface area contributed by atoms with Gasteiger partial charge in [-0.2, -0.15) is 4.31 Å². The molecule has 2 rings (SSSR count). The van der Waals surface area contributed by atoms with Gasteiger partial charge in [-0.1, -0.05) is 26.0 Å². The zero-order valence-electron chi connectivity index (χ0n) is 13.6. The molecule has 0 radical (unpaired) electrons. The van der Waals surface area contributed by atoms with Crippen LogP contribution in [0.25, 0.3) is 0 Å². The Morgan fingerprint density at radius 3 is 2.18 bits per heavy atom. The number of piperidine rings is 1. The second-order valence-corrected chi connectivity index (χ2v) is 8.07. The van der Waals surface area contributed by atoms with Crippen LogP contribution in [0.3, 0.4) is 0 Å². The van der Waals surface area contributed by atoms with Gasteiger partial charge in [-0.25, -0.2) is 8.42 Å². The van der Waals surface area contributed by atoms with Crippen molar-refractivity contribution >= 4 is 22.4 Å².